The molecule has 0 aliphatic carbocycles. The first-order valence-corrected chi connectivity index (χ1v) is 9.61. The quantitative estimate of drug-likeness (QED) is 0.781. The molecule has 4 heterocycles. The van der Waals surface area contributed by atoms with Crippen molar-refractivity contribution in [2.75, 3.05) is 6.54 Å². The fourth-order valence-electron chi connectivity index (χ4n) is 3.08. The molecule has 124 valence electrons. The van der Waals surface area contributed by atoms with Gasteiger partial charge in [0.25, 0.3) is 5.56 Å². The first-order chi connectivity index (χ1) is 11.6. The molecule has 0 fully saturated rings. The summed E-state index contributed by atoms with van der Waals surface area (Å²) in [6.45, 7) is 6.58. The van der Waals surface area contributed by atoms with E-state index >= 15 is 0 Å². The van der Waals surface area contributed by atoms with E-state index in [0.717, 1.165) is 46.3 Å². The van der Waals surface area contributed by atoms with Crippen LogP contribution in [0.4, 0.5) is 0 Å². The van der Waals surface area contributed by atoms with Gasteiger partial charge in [0.05, 0.1) is 21.3 Å². The second-order valence-electron chi connectivity index (χ2n) is 6.02. The third kappa shape index (κ3) is 2.94. The molecular weight excluding hydrogens is 340 g/mol. The minimum absolute atomic E-state index is 0.00728. The first-order valence-electron chi connectivity index (χ1n) is 7.91. The number of aromatic nitrogens is 3. The molecule has 0 bridgehead atoms. The highest BCUT2D eigenvalue weighted by atomic mass is 32.1. The average molecular weight is 358 g/mol. The van der Waals surface area contributed by atoms with Crippen LogP contribution < -0.4 is 5.56 Å². The minimum Gasteiger partial charge on any atom is -0.306 e. The monoisotopic (exact) mass is 358 g/mol. The molecule has 1 aliphatic rings. The van der Waals surface area contributed by atoms with Crippen molar-refractivity contribution in [2.45, 2.75) is 33.4 Å². The average Bonchev–Trinajstić information content (AvgIpc) is 3.17. The summed E-state index contributed by atoms with van der Waals surface area (Å²) in [5.41, 5.74) is 2.87. The van der Waals surface area contributed by atoms with Gasteiger partial charge < -0.3 is 4.98 Å². The van der Waals surface area contributed by atoms with Gasteiger partial charge in [-0.15, -0.1) is 22.7 Å². The predicted molar refractivity (Wildman–Crippen MR) is 97.6 cm³/mol. The zero-order valence-electron chi connectivity index (χ0n) is 13.6. The van der Waals surface area contributed by atoms with E-state index in [1.54, 1.807) is 22.7 Å². The lowest BCUT2D eigenvalue weighted by Gasteiger charge is -2.27. The van der Waals surface area contributed by atoms with Crippen molar-refractivity contribution in [2.24, 2.45) is 0 Å². The van der Waals surface area contributed by atoms with Crippen LogP contribution in [0, 0.1) is 13.8 Å². The van der Waals surface area contributed by atoms with Crippen molar-refractivity contribution in [3.8, 4) is 10.7 Å². The molecule has 5 nitrogen and oxygen atoms in total. The highest BCUT2D eigenvalue weighted by molar-refractivity contribution is 7.13. The lowest BCUT2D eigenvalue weighted by molar-refractivity contribution is 0.242. The maximum Gasteiger partial charge on any atom is 0.254 e. The smallest absolute Gasteiger partial charge is 0.254 e. The number of rotatable bonds is 3. The topological polar surface area (TPSA) is 61.9 Å². The van der Waals surface area contributed by atoms with Crippen molar-refractivity contribution < 1.29 is 0 Å². The van der Waals surface area contributed by atoms with Crippen LogP contribution in [-0.2, 0) is 19.5 Å². The zero-order chi connectivity index (χ0) is 16.7. The normalized spacial score (nSPS) is 14.8. The van der Waals surface area contributed by atoms with E-state index in [4.69, 9.17) is 4.98 Å². The second-order valence-corrected chi connectivity index (χ2v) is 8.25. The molecule has 4 rings (SSSR count). The number of thiophene rings is 1. The van der Waals surface area contributed by atoms with Gasteiger partial charge in [-0.2, -0.15) is 0 Å². The Bertz CT molecular complexity index is 927. The van der Waals surface area contributed by atoms with E-state index in [1.807, 2.05) is 24.4 Å². The summed E-state index contributed by atoms with van der Waals surface area (Å²) >= 11 is 3.34. The van der Waals surface area contributed by atoms with Gasteiger partial charge in [0, 0.05) is 30.1 Å². The third-order valence-electron chi connectivity index (χ3n) is 4.27. The maximum atomic E-state index is 12.4. The van der Waals surface area contributed by atoms with Crippen LogP contribution in [0.2, 0.25) is 0 Å². The molecule has 24 heavy (non-hydrogen) atoms. The Morgan fingerprint density at radius 2 is 2.21 bits per heavy atom. The Morgan fingerprint density at radius 3 is 2.92 bits per heavy atom. The molecule has 0 spiro atoms. The Hall–Kier alpha value is -1.83. The van der Waals surface area contributed by atoms with Crippen molar-refractivity contribution >= 4 is 22.7 Å². The lowest BCUT2D eigenvalue weighted by atomic mass is 10.1. The van der Waals surface area contributed by atoms with Gasteiger partial charge in [0.1, 0.15) is 0 Å². The summed E-state index contributed by atoms with van der Waals surface area (Å²) in [6.07, 6.45) is 0.749. The SMILES string of the molecule is Cc1nc(C)c(CN2CCc3c(nc(-c4cccs4)[nH]c3=O)C2)s1. The van der Waals surface area contributed by atoms with Crippen LogP contribution in [0.5, 0.6) is 0 Å². The number of aryl methyl sites for hydroxylation is 2. The number of nitrogens with zero attached hydrogens (tertiary/aromatic N) is 3. The fraction of sp³-hybridized carbons (Fsp3) is 0.353. The molecule has 1 aliphatic heterocycles. The molecule has 3 aromatic heterocycles. The summed E-state index contributed by atoms with van der Waals surface area (Å²) in [5.74, 6) is 0.681. The molecule has 0 aromatic carbocycles. The largest absolute Gasteiger partial charge is 0.306 e. The molecule has 0 saturated carbocycles. The Balaban J connectivity index is 1.62. The Morgan fingerprint density at radius 1 is 1.33 bits per heavy atom. The maximum absolute atomic E-state index is 12.4. The van der Waals surface area contributed by atoms with Crippen LogP contribution >= 0.6 is 22.7 Å². The van der Waals surface area contributed by atoms with Crippen molar-refractivity contribution in [3.05, 3.63) is 54.7 Å². The Labute approximate surface area is 148 Å². The van der Waals surface area contributed by atoms with Gasteiger partial charge in [-0.05, 0) is 31.7 Å². The van der Waals surface area contributed by atoms with Crippen molar-refractivity contribution in [1.29, 1.82) is 0 Å². The van der Waals surface area contributed by atoms with Crippen LogP contribution in [0.1, 0.15) is 26.8 Å². The number of H-pyrrole nitrogens is 1. The van der Waals surface area contributed by atoms with E-state index < -0.39 is 0 Å². The van der Waals surface area contributed by atoms with Crippen LogP contribution in [0.3, 0.4) is 0 Å². The number of nitrogens with one attached hydrogen (secondary N) is 1. The first kappa shape index (κ1) is 15.7. The summed E-state index contributed by atoms with van der Waals surface area (Å²) in [7, 11) is 0. The van der Waals surface area contributed by atoms with E-state index in [1.165, 1.54) is 4.88 Å². The summed E-state index contributed by atoms with van der Waals surface area (Å²) in [4.78, 5) is 29.2. The van der Waals surface area contributed by atoms with Gasteiger partial charge in [0.15, 0.2) is 5.82 Å². The van der Waals surface area contributed by atoms with E-state index in [9.17, 15) is 4.79 Å². The molecule has 0 radical (unpaired) electrons. The summed E-state index contributed by atoms with van der Waals surface area (Å²) in [5, 5.41) is 3.10. The molecule has 1 N–H and O–H groups in total. The van der Waals surface area contributed by atoms with Crippen molar-refractivity contribution in [3.63, 3.8) is 0 Å². The lowest BCUT2D eigenvalue weighted by Crippen LogP contribution is -2.35. The highest BCUT2D eigenvalue weighted by Crippen LogP contribution is 2.25. The molecule has 0 atom stereocenters. The number of thiazole rings is 1. The van der Waals surface area contributed by atoms with Crippen LogP contribution in [0.25, 0.3) is 10.7 Å². The van der Waals surface area contributed by atoms with Crippen LogP contribution in [-0.4, -0.2) is 26.4 Å². The second kappa shape index (κ2) is 6.23. The molecule has 0 unspecified atom stereocenters. The number of hydrogen-bond donors (Lipinski definition) is 1. The zero-order valence-corrected chi connectivity index (χ0v) is 15.3. The van der Waals surface area contributed by atoms with Gasteiger partial charge >= 0.3 is 0 Å². The number of fused-ring (bicyclic) bond motifs is 1. The number of aromatic amines is 1. The predicted octanol–water partition coefficient (Wildman–Crippen LogP) is 3.13. The van der Waals surface area contributed by atoms with E-state index in [-0.39, 0.29) is 5.56 Å². The number of hydrogen-bond acceptors (Lipinski definition) is 6. The van der Waals surface area contributed by atoms with E-state index in [2.05, 4.69) is 21.8 Å². The van der Waals surface area contributed by atoms with Gasteiger partial charge in [-0.1, -0.05) is 6.07 Å². The van der Waals surface area contributed by atoms with Gasteiger partial charge in [-0.3, -0.25) is 9.69 Å². The Kier molecular flexibility index (Phi) is 4.07. The fourth-order valence-corrected chi connectivity index (χ4v) is 4.73. The van der Waals surface area contributed by atoms with Crippen molar-refractivity contribution in [1.82, 2.24) is 19.9 Å². The highest BCUT2D eigenvalue weighted by Gasteiger charge is 2.22. The molecule has 7 heteroatoms. The molecule has 0 amide bonds. The molecule has 0 saturated heterocycles. The molecule has 3 aromatic rings. The third-order valence-corrected chi connectivity index (χ3v) is 6.21. The minimum atomic E-state index is 0.00728. The van der Waals surface area contributed by atoms with Crippen LogP contribution in [0.15, 0.2) is 22.3 Å². The molecular formula is C17H18N4OS2. The summed E-state index contributed by atoms with van der Waals surface area (Å²) in [6, 6.07) is 3.96. The van der Waals surface area contributed by atoms with Gasteiger partial charge in [0.2, 0.25) is 0 Å². The van der Waals surface area contributed by atoms with Gasteiger partial charge in [-0.25, -0.2) is 9.97 Å². The summed E-state index contributed by atoms with van der Waals surface area (Å²) < 4.78 is 0. The standard InChI is InChI=1S/C17H18N4OS2/c1-10-15(24-11(2)18-10)9-21-6-5-12-13(8-21)19-16(20-17(12)22)14-4-3-7-23-14/h3-4,7H,5-6,8-9H2,1-2H3,(H,19,20,22). The van der Waals surface area contributed by atoms with E-state index in [0.29, 0.717) is 12.4 Å².